The van der Waals surface area contributed by atoms with Gasteiger partial charge in [-0.3, -0.25) is 9.52 Å². The number of fused-ring (bicyclic) bond motifs is 1. The van der Waals surface area contributed by atoms with Gasteiger partial charge in [0.15, 0.2) is 22.6 Å². The Morgan fingerprint density at radius 3 is 2.38 bits per heavy atom. The van der Waals surface area contributed by atoms with E-state index in [9.17, 15) is 26.4 Å². The lowest BCUT2D eigenvalue weighted by Crippen LogP contribution is -2.12. The summed E-state index contributed by atoms with van der Waals surface area (Å²) >= 11 is 1.02. The first kappa shape index (κ1) is 18.1. The molecule has 0 atom stereocenters. The number of carbonyl (C=O) groups excluding carboxylic acids is 1. The van der Waals surface area contributed by atoms with Gasteiger partial charge in [-0.15, -0.1) is 0 Å². The van der Waals surface area contributed by atoms with E-state index < -0.39 is 33.4 Å². The van der Waals surface area contributed by atoms with Gasteiger partial charge in [0.25, 0.3) is 5.91 Å². The molecule has 0 aliphatic heterocycles. The van der Waals surface area contributed by atoms with Gasteiger partial charge in [0, 0.05) is 23.4 Å². The highest BCUT2D eigenvalue weighted by atomic mass is 32.2. The molecule has 0 unspecified atom stereocenters. The third-order valence-corrected chi connectivity index (χ3v) is 4.79. The molecule has 11 heteroatoms. The molecule has 0 spiro atoms. The zero-order chi connectivity index (χ0) is 19.1. The Kier molecular flexibility index (Phi) is 4.59. The summed E-state index contributed by atoms with van der Waals surface area (Å²) in [6.45, 7) is 0. The third-order valence-electron chi connectivity index (χ3n) is 3.17. The van der Waals surface area contributed by atoms with Crippen LogP contribution in [0.4, 0.5) is 24.0 Å². The smallest absolute Gasteiger partial charge is 0.255 e. The van der Waals surface area contributed by atoms with Crippen LogP contribution >= 0.6 is 11.3 Å². The van der Waals surface area contributed by atoms with E-state index in [0.29, 0.717) is 22.3 Å². The fourth-order valence-corrected chi connectivity index (χ4v) is 3.84. The number of halogens is 3. The molecular weight excluding hydrogens is 391 g/mol. The second kappa shape index (κ2) is 6.57. The predicted octanol–water partition coefficient (Wildman–Crippen LogP) is 3.34. The Hall–Kier alpha value is -2.66. The molecule has 0 saturated carbocycles. The van der Waals surface area contributed by atoms with Gasteiger partial charge in [0.1, 0.15) is 0 Å². The summed E-state index contributed by atoms with van der Waals surface area (Å²) in [7, 11) is -3.49. The van der Waals surface area contributed by atoms with Crippen LogP contribution in [0.2, 0.25) is 0 Å². The number of hydrogen-bond acceptors (Lipinski definition) is 5. The summed E-state index contributed by atoms with van der Waals surface area (Å²) in [5, 5.41) is 2.41. The van der Waals surface area contributed by atoms with Crippen LogP contribution in [0.3, 0.4) is 0 Å². The summed E-state index contributed by atoms with van der Waals surface area (Å²) in [6.07, 6.45) is 0.985. The van der Waals surface area contributed by atoms with Crippen molar-refractivity contribution in [3.05, 3.63) is 53.3 Å². The second-order valence-corrected chi connectivity index (χ2v) is 8.06. The molecule has 2 aromatic carbocycles. The maximum absolute atomic E-state index is 13.2. The molecular formula is C15H10F3N3O3S2. The lowest BCUT2D eigenvalue weighted by atomic mass is 10.2. The Labute approximate surface area is 149 Å². The third kappa shape index (κ3) is 3.94. The highest BCUT2D eigenvalue weighted by Crippen LogP contribution is 2.28. The fraction of sp³-hybridized carbons (Fsp3) is 0.0667. The van der Waals surface area contributed by atoms with Crippen LogP contribution in [0.1, 0.15) is 10.4 Å². The van der Waals surface area contributed by atoms with Gasteiger partial charge >= 0.3 is 0 Å². The first-order valence-corrected chi connectivity index (χ1v) is 9.67. The van der Waals surface area contributed by atoms with E-state index in [0.717, 1.165) is 17.6 Å². The minimum atomic E-state index is -3.49. The number of nitrogens with one attached hydrogen (secondary N) is 2. The number of aromatic nitrogens is 1. The van der Waals surface area contributed by atoms with E-state index in [2.05, 4.69) is 15.0 Å². The van der Waals surface area contributed by atoms with Crippen molar-refractivity contribution >= 4 is 48.3 Å². The van der Waals surface area contributed by atoms with E-state index in [-0.39, 0.29) is 16.4 Å². The molecule has 0 fully saturated rings. The topological polar surface area (TPSA) is 88.2 Å². The van der Waals surface area contributed by atoms with Crippen LogP contribution in [-0.4, -0.2) is 25.6 Å². The van der Waals surface area contributed by atoms with Crippen molar-refractivity contribution in [3.8, 4) is 0 Å². The molecule has 136 valence electrons. The van der Waals surface area contributed by atoms with E-state index in [1.807, 2.05) is 0 Å². The highest BCUT2D eigenvalue weighted by Gasteiger charge is 2.15. The normalized spacial score (nSPS) is 11.5. The summed E-state index contributed by atoms with van der Waals surface area (Å²) in [6, 6.07) is 5.69. The quantitative estimate of drug-likeness (QED) is 0.657. The van der Waals surface area contributed by atoms with E-state index in [4.69, 9.17) is 0 Å². The van der Waals surface area contributed by atoms with Crippen LogP contribution in [0, 0.1) is 17.5 Å². The molecule has 2 N–H and O–H groups in total. The molecule has 3 rings (SSSR count). The number of anilines is 2. The van der Waals surface area contributed by atoms with Gasteiger partial charge in [-0.05, 0) is 18.2 Å². The Balaban J connectivity index is 1.86. The lowest BCUT2D eigenvalue weighted by molar-refractivity contribution is 0.102. The Bertz CT molecular complexity index is 1110. The zero-order valence-corrected chi connectivity index (χ0v) is 14.6. The number of hydrogen-bond donors (Lipinski definition) is 2. The number of sulfonamides is 1. The van der Waals surface area contributed by atoms with Crippen LogP contribution in [0.15, 0.2) is 30.3 Å². The predicted molar refractivity (Wildman–Crippen MR) is 92.4 cm³/mol. The lowest BCUT2D eigenvalue weighted by Gasteiger charge is -2.06. The van der Waals surface area contributed by atoms with Crippen molar-refractivity contribution in [2.75, 3.05) is 16.3 Å². The molecule has 26 heavy (non-hydrogen) atoms. The molecule has 0 radical (unpaired) electrons. The Morgan fingerprint density at radius 2 is 1.77 bits per heavy atom. The maximum Gasteiger partial charge on any atom is 0.255 e. The first-order valence-electron chi connectivity index (χ1n) is 6.96. The van der Waals surface area contributed by atoms with Crippen molar-refractivity contribution in [2.24, 2.45) is 0 Å². The van der Waals surface area contributed by atoms with E-state index in [1.54, 1.807) is 0 Å². The number of amides is 1. The van der Waals surface area contributed by atoms with Gasteiger partial charge in [-0.25, -0.2) is 26.6 Å². The van der Waals surface area contributed by atoms with Crippen LogP contribution in [0.25, 0.3) is 10.2 Å². The SMILES string of the molecule is CS(=O)(=O)Nc1nc2ccc(C(=O)Nc3cc(F)c(F)c(F)c3)cc2s1. The maximum atomic E-state index is 13.2. The van der Waals surface area contributed by atoms with Crippen molar-refractivity contribution in [1.82, 2.24) is 4.98 Å². The van der Waals surface area contributed by atoms with Gasteiger partial charge in [-0.2, -0.15) is 0 Å². The van der Waals surface area contributed by atoms with Crippen LogP contribution in [-0.2, 0) is 10.0 Å². The van der Waals surface area contributed by atoms with E-state index in [1.165, 1.54) is 18.2 Å². The summed E-state index contributed by atoms with van der Waals surface area (Å²) < 4.78 is 64.6. The largest absolute Gasteiger partial charge is 0.322 e. The number of thiazole rings is 1. The van der Waals surface area contributed by atoms with Crippen molar-refractivity contribution in [3.63, 3.8) is 0 Å². The zero-order valence-electron chi connectivity index (χ0n) is 13.0. The van der Waals surface area contributed by atoms with E-state index >= 15 is 0 Å². The van der Waals surface area contributed by atoms with Gasteiger partial charge < -0.3 is 5.32 Å². The summed E-state index contributed by atoms with van der Waals surface area (Å²) in [5.74, 6) is -5.15. The number of rotatable bonds is 4. The first-order chi connectivity index (χ1) is 12.1. The molecule has 1 aromatic heterocycles. The van der Waals surface area contributed by atoms with Gasteiger partial charge in [0.2, 0.25) is 10.0 Å². The molecule has 3 aromatic rings. The minimum absolute atomic E-state index is 0.141. The average molecular weight is 401 g/mol. The monoisotopic (exact) mass is 401 g/mol. The molecule has 1 heterocycles. The average Bonchev–Trinajstić information content (AvgIpc) is 2.91. The molecule has 0 bridgehead atoms. The molecule has 1 amide bonds. The van der Waals surface area contributed by atoms with Crippen molar-refractivity contribution in [1.29, 1.82) is 0 Å². The van der Waals surface area contributed by atoms with Gasteiger partial charge in [-0.1, -0.05) is 11.3 Å². The summed E-state index contributed by atoms with van der Waals surface area (Å²) in [5.41, 5.74) is 0.379. The number of nitrogens with zero attached hydrogens (tertiary/aromatic N) is 1. The van der Waals surface area contributed by atoms with Crippen LogP contribution < -0.4 is 10.0 Å². The minimum Gasteiger partial charge on any atom is -0.322 e. The molecule has 0 aliphatic carbocycles. The van der Waals surface area contributed by atoms with Crippen molar-refractivity contribution < 1.29 is 26.4 Å². The molecule has 0 saturated heterocycles. The van der Waals surface area contributed by atoms with Crippen LogP contribution in [0.5, 0.6) is 0 Å². The molecule has 6 nitrogen and oxygen atoms in total. The standard InChI is InChI=1S/C15H10F3N3O3S2/c1-26(23,24)21-15-20-11-3-2-7(4-12(11)25-15)14(22)19-8-5-9(16)13(18)10(17)6-8/h2-6H,1H3,(H,19,22)(H,20,21). The van der Waals surface area contributed by atoms with Crippen molar-refractivity contribution in [2.45, 2.75) is 0 Å². The van der Waals surface area contributed by atoms with Gasteiger partial charge in [0.05, 0.1) is 16.5 Å². The number of carbonyl (C=O) groups is 1. The second-order valence-electron chi connectivity index (χ2n) is 5.28. The Morgan fingerprint density at radius 1 is 1.12 bits per heavy atom. The fourth-order valence-electron chi connectivity index (χ4n) is 2.10. The highest BCUT2D eigenvalue weighted by molar-refractivity contribution is 7.92. The molecule has 0 aliphatic rings. The number of benzene rings is 2. The summed E-state index contributed by atoms with van der Waals surface area (Å²) in [4.78, 5) is 16.3.